The number of halogens is 3. The Morgan fingerprint density at radius 1 is 1.26 bits per heavy atom. The topological polar surface area (TPSA) is 80.7 Å². The molecule has 3 fully saturated rings. The van der Waals surface area contributed by atoms with Crippen LogP contribution in [0.1, 0.15) is 72.6 Å². The number of aliphatic hydroxyl groups excluding tert-OH is 1. The standard InChI is InChI=1S/C27H35F3O5/c1-5-6-7-22(34)35-27(21(33)14-28)15(2)12-18-16-8-9-17-23(29)19(31)10-11-24(17,3)26(16,30)20(32)13-25(18,27)4/h10-11,15-16,18,20,32H,5-9,12-14H2,1-4H3/t15-,16-,18-,20-,24-,25-,26-,27+/m0/s1. The second kappa shape index (κ2) is 8.56. The lowest BCUT2D eigenvalue weighted by Gasteiger charge is -2.62. The monoisotopic (exact) mass is 496 g/mol. The van der Waals surface area contributed by atoms with Crippen LogP contribution >= 0.6 is 0 Å². The van der Waals surface area contributed by atoms with Crippen molar-refractivity contribution in [2.75, 3.05) is 6.67 Å². The summed E-state index contributed by atoms with van der Waals surface area (Å²) in [5.74, 6) is -5.17. The Kier molecular flexibility index (Phi) is 6.39. The number of hydrogen-bond donors (Lipinski definition) is 1. The minimum atomic E-state index is -2.31. The molecule has 4 rings (SSSR count). The van der Waals surface area contributed by atoms with Gasteiger partial charge < -0.3 is 9.84 Å². The van der Waals surface area contributed by atoms with E-state index in [0.717, 1.165) is 12.5 Å². The van der Waals surface area contributed by atoms with Crippen LogP contribution in [0.2, 0.25) is 0 Å². The Morgan fingerprint density at radius 3 is 2.57 bits per heavy atom. The molecule has 4 aliphatic carbocycles. The third-order valence-electron chi connectivity index (χ3n) is 9.82. The number of carbonyl (C=O) groups is 3. The molecule has 194 valence electrons. The van der Waals surface area contributed by atoms with E-state index in [1.165, 1.54) is 13.0 Å². The van der Waals surface area contributed by atoms with Gasteiger partial charge >= 0.3 is 5.97 Å². The first-order valence-corrected chi connectivity index (χ1v) is 12.7. The molecule has 0 aromatic rings. The number of esters is 1. The Hall–Kier alpha value is -1.96. The van der Waals surface area contributed by atoms with Crippen LogP contribution in [0.3, 0.4) is 0 Å². The van der Waals surface area contributed by atoms with Crippen molar-refractivity contribution in [1.29, 1.82) is 0 Å². The molecule has 0 saturated heterocycles. The molecule has 8 atom stereocenters. The van der Waals surface area contributed by atoms with E-state index >= 15 is 4.39 Å². The van der Waals surface area contributed by atoms with Crippen molar-refractivity contribution >= 4 is 17.5 Å². The van der Waals surface area contributed by atoms with E-state index in [4.69, 9.17) is 4.74 Å². The van der Waals surface area contributed by atoms with Gasteiger partial charge in [-0.15, -0.1) is 0 Å². The fourth-order valence-corrected chi connectivity index (χ4v) is 8.13. The van der Waals surface area contributed by atoms with Crippen LogP contribution in [0.15, 0.2) is 23.6 Å². The molecule has 4 aliphatic rings. The molecule has 0 radical (unpaired) electrons. The summed E-state index contributed by atoms with van der Waals surface area (Å²) in [4.78, 5) is 37.9. The largest absolute Gasteiger partial charge is 0.450 e. The van der Waals surface area contributed by atoms with E-state index in [0.29, 0.717) is 12.8 Å². The fourth-order valence-electron chi connectivity index (χ4n) is 8.13. The second-order valence-corrected chi connectivity index (χ2v) is 11.4. The molecule has 0 aromatic carbocycles. The minimum Gasteiger partial charge on any atom is -0.450 e. The van der Waals surface area contributed by atoms with Crippen LogP contribution in [0.4, 0.5) is 13.2 Å². The molecular weight excluding hydrogens is 461 g/mol. The molecule has 5 nitrogen and oxygen atoms in total. The molecule has 0 aromatic heterocycles. The van der Waals surface area contributed by atoms with E-state index in [-0.39, 0.29) is 31.3 Å². The van der Waals surface area contributed by atoms with Crippen LogP contribution in [0.5, 0.6) is 0 Å². The lowest BCUT2D eigenvalue weighted by Crippen LogP contribution is -2.70. The van der Waals surface area contributed by atoms with Crippen molar-refractivity contribution in [3.63, 3.8) is 0 Å². The van der Waals surface area contributed by atoms with Gasteiger partial charge in [-0.25, -0.2) is 13.2 Å². The van der Waals surface area contributed by atoms with Gasteiger partial charge in [0.15, 0.2) is 23.8 Å². The van der Waals surface area contributed by atoms with Crippen LogP contribution in [0, 0.1) is 28.6 Å². The average Bonchev–Trinajstić information content (AvgIpc) is 3.03. The van der Waals surface area contributed by atoms with Crippen molar-refractivity contribution in [3.05, 3.63) is 23.6 Å². The van der Waals surface area contributed by atoms with Gasteiger partial charge in [0.2, 0.25) is 11.6 Å². The molecule has 8 heteroatoms. The highest BCUT2D eigenvalue weighted by Crippen LogP contribution is 2.71. The third-order valence-corrected chi connectivity index (χ3v) is 9.82. The first-order chi connectivity index (χ1) is 16.3. The maximum absolute atomic E-state index is 17.3. The van der Waals surface area contributed by atoms with E-state index in [1.54, 1.807) is 13.8 Å². The maximum atomic E-state index is 17.3. The van der Waals surface area contributed by atoms with Crippen molar-refractivity contribution < 1.29 is 37.4 Å². The van der Waals surface area contributed by atoms with Crippen molar-refractivity contribution in [2.45, 2.75) is 90.0 Å². The number of rotatable bonds is 6. The number of alkyl halides is 2. The number of Topliss-reactive ketones (excluding diaryl/α,β-unsaturated/α-hetero) is 1. The highest BCUT2D eigenvalue weighted by Gasteiger charge is 2.77. The second-order valence-electron chi connectivity index (χ2n) is 11.4. The third kappa shape index (κ3) is 3.20. The van der Waals surface area contributed by atoms with Crippen LogP contribution in [-0.4, -0.2) is 46.7 Å². The van der Waals surface area contributed by atoms with E-state index in [9.17, 15) is 28.3 Å². The summed E-state index contributed by atoms with van der Waals surface area (Å²) in [5.41, 5.74) is -6.82. The van der Waals surface area contributed by atoms with E-state index < -0.39 is 76.0 Å². The van der Waals surface area contributed by atoms with Crippen LogP contribution in [0.25, 0.3) is 0 Å². The number of ether oxygens (including phenoxy) is 1. The van der Waals surface area contributed by atoms with Crippen molar-refractivity contribution in [1.82, 2.24) is 0 Å². The summed E-state index contributed by atoms with van der Waals surface area (Å²) in [6.07, 6.45) is 2.42. The molecule has 0 unspecified atom stereocenters. The number of fused-ring (bicyclic) bond motifs is 5. The predicted octanol–water partition coefficient (Wildman–Crippen LogP) is 4.91. The maximum Gasteiger partial charge on any atom is 0.306 e. The number of unbranched alkanes of at least 4 members (excludes halogenated alkanes) is 1. The zero-order chi connectivity index (χ0) is 26.0. The Balaban J connectivity index is 1.82. The molecule has 0 amide bonds. The molecule has 0 aliphatic heterocycles. The first-order valence-electron chi connectivity index (χ1n) is 12.7. The van der Waals surface area contributed by atoms with Gasteiger partial charge in [0.25, 0.3) is 0 Å². The fraction of sp³-hybridized carbons (Fsp3) is 0.741. The lowest BCUT2D eigenvalue weighted by molar-refractivity contribution is -0.228. The summed E-state index contributed by atoms with van der Waals surface area (Å²) in [5, 5.41) is 11.4. The minimum absolute atomic E-state index is 0.0505. The van der Waals surface area contributed by atoms with Crippen molar-refractivity contribution in [2.24, 2.45) is 28.6 Å². The van der Waals surface area contributed by atoms with Gasteiger partial charge in [-0.3, -0.25) is 14.4 Å². The molecule has 0 bridgehead atoms. The average molecular weight is 497 g/mol. The van der Waals surface area contributed by atoms with Gasteiger partial charge in [0.1, 0.15) is 0 Å². The molecule has 3 saturated carbocycles. The van der Waals surface area contributed by atoms with Gasteiger partial charge in [0, 0.05) is 29.1 Å². The van der Waals surface area contributed by atoms with Gasteiger partial charge in [0.05, 0.1) is 6.10 Å². The Labute approximate surface area is 204 Å². The Morgan fingerprint density at radius 2 is 1.94 bits per heavy atom. The molecule has 35 heavy (non-hydrogen) atoms. The zero-order valence-electron chi connectivity index (χ0n) is 20.8. The summed E-state index contributed by atoms with van der Waals surface area (Å²) in [7, 11) is 0. The predicted molar refractivity (Wildman–Crippen MR) is 122 cm³/mol. The number of ketones is 2. The molecular formula is C27H35F3O5. The highest BCUT2D eigenvalue weighted by atomic mass is 19.1. The quantitative estimate of drug-likeness (QED) is 0.529. The van der Waals surface area contributed by atoms with Crippen molar-refractivity contribution in [3.8, 4) is 0 Å². The molecule has 0 heterocycles. The zero-order valence-corrected chi connectivity index (χ0v) is 20.8. The number of aliphatic hydroxyl groups is 1. The summed E-state index contributed by atoms with van der Waals surface area (Å²) in [6.45, 7) is 5.48. The molecule has 1 N–H and O–H groups in total. The highest BCUT2D eigenvalue weighted by molar-refractivity contribution is 6.04. The number of carbonyl (C=O) groups excluding carboxylic acids is 3. The summed E-state index contributed by atoms with van der Waals surface area (Å²) < 4.78 is 51.9. The number of allylic oxidation sites excluding steroid dienone is 4. The number of hydrogen-bond acceptors (Lipinski definition) is 5. The Bertz CT molecular complexity index is 1010. The van der Waals surface area contributed by atoms with Gasteiger partial charge in [-0.05, 0) is 56.6 Å². The van der Waals surface area contributed by atoms with Crippen LogP contribution in [-0.2, 0) is 19.1 Å². The first kappa shape index (κ1) is 26.1. The lowest BCUT2D eigenvalue weighted by atomic mass is 9.44. The summed E-state index contributed by atoms with van der Waals surface area (Å²) >= 11 is 0. The van der Waals surface area contributed by atoms with Gasteiger partial charge in [-0.2, -0.15) is 0 Å². The normalized spacial score (nSPS) is 44.5. The van der Waals surface area contributed by atoms with E-state index in [1.807, 2.05) is 6.92 Å². The summed E-state index contributed by atoms with van der Waals surface area (Å²) in [6, 6.07) is 0. The van der Waals surface area contributed by atoms with E-state index in [2.05, 4.69) is 0 Å². The molecule has 0 spiro atoms. The smallest absolute Gasteiger partial charge is 0.306 e. The van der Waals surface area contributed by atoms with Gasteiger partial charge in [-0.1, -0.05) is 33.3 Å². The SMILES string of the molecule is CCCCC(=O)O[C@@]1(C(=O)CF)[C@@H](C)C[C@H]2[C@@H]3CCC4=C(F)C(=O)C=C[C@]4(C)[C@@]3(F)[C@@H](O)C[C@@]21C. The van der Waals surface area contributed by atoms with Crippen LogP contribution < -0.4 is 0 Å².